The Balaban J connectivity index is 1.09. The van der Waals surface area contributed by atoms with E-state index in [1.165, 1.54) is 29.2 Å². The van der Waals surface area contributed by atoms with Gasteiger partial charge in [-0.3, -0.25) is 19.1 Å². The van der Waals surface area contributed by atoms with Crippen LogP contribution in [-0.4, -0.2) is 84.5 Å². The van der Waals surface area contributed by atoms with Gasteiger partial charge in [-0.1, -0.05) is 42.3 Å². The van der Waals surface area contributed by atoms with Gasteiger partial charge in [0, 0.05) is 23.5 Å². The molecule has 2 heterocycles. The maximum atomic E-state index is 14.5. The molecule has 2 aliphatic heterocycles. The van der Waals surface area contributed by atoms with Crippen LogP contribution in [0.5, 0.6) is 0 Å². The normalized spacial score (nSPS) is 28.4. The van der Waals surface area contributed by atoms with Gasteiger partial charge in [0.2, 0.25) is 21.8 Å². The number of carbonyl (C=O) groups excluding carboxylic acids is 4. The first-order chi connectivity index (χ1) is 26.9. The maximum absolute atomic E-state index is 14.5. The predicted molar refractivity (Wildman–Crippen MR) is 199 cm³/mol. The fourth-order valence-electron chi connectivity index (χ4n) is 8.44. The highest BCUT2D eigenvalue weighted by Gasteiger charge is 2.62. The zero-order chi connectivity index (χ0) is 39.2. The average Bonchev–Trinajstić information content (AvgIpc) is 3.99. The van der Waals surface area contributed by atoms with Crippen LogP contribution in [0.2, 0.25) is 0 Å². The fraction of sp³-hybridized carbons (Fsp3) is 0.525. The Labute approximate surface area is 323 Å². The van der Waals surface area contributed by atoms with Gasteiger partial charge in [0.1, 0.15) is 47.2 Å². The van der Waals surface area contributed by atoms with E-state index in [0.717, 1.165) is 38.5 Å². The Hall–Kier alpha value is -4.86. The van der Waals surface area contributed by atoms with Gasteiger partial charge in [0.25, 0.3) is 5.91 Å². The average molecular weight is 794 g/mol. The molecular formula is C40H45F2N5O8S. The van der Waals surface area contributed by atoms with Crippen molar-refractivity contribution >= 4 is 39.5 Å². The van der Waals surface area contributed by atoms with Crippen molar-refractivity contribution in [3.63, 3.8) is 0 Å². The Morgan fingerprint density at radius 2 is 1.55 bits per heavy atom. The van der Waals surface area contributed by atoms with Gasteiger partial charge in [-0.25, -0.2) is 22.0 Å². The molecule has 5 atom stereocenters. The lowest BCUT2D eigenvalue weighted by molar-refractivity contribution is -0.141. The number of fused-ring (bicyclic) bond motifs is 5. The summed E-state index contributed by atoms with van der Waals surface area (Å²) in [5.74, 6) is -3.62. The number of halogens is 2. The van der Waals surface area contributed by atoms with Crippen molar-refractivity contribution < 1.29 is 46.0 Å². The minimum absolute atomic E-state index is 0.0851. The van der Waals surface area contributed by atoms with Crippen LogP contribution in [0.1, 0.15) is 94.6 Å². The lowest BCUT2D eigenvalue weighted by Gasteiger charge is -2.30. The first kappa shape index (κ1) is 38.0. The number of nitrogens with zero attached hydrogens (tertiary/aromatic N) is 2. The first-order valence-corrected chi connectivity index (χ1v) is 21.1. The van der Waals surface area contributed by atoms with Crippen molar-refractivity contribution in [3.05, 3.63) is 71.3 Å². The van der Waals surface area contributed by atoms with Crippen LogP contribution in [0.3, 0.4) is 0 Å². The number of alkyl carbamates (subject to hydrolysis) is 1. The zero-order valence-electron chi connectivity index (χ0n) is 30.8. The third kappa shape index (κ3) is 7.76. The second-order valence-corrected chi connectivity index (χ2v) is 17.8. The van der Waals surface area contributed by atoms with E-state index in [-0.39, 0.29) is 37.6 Å². The molecule has 16 heteroatoms. The molecule has 0 unspecified atom stereocenters. The third-order valence-corrected chi connectivity index (χ3v) is 13.6. The van der Waals surface area contributed by atoms with Gasteiger partial charge in [0.05, 0.1) is 11.8 Å². The minimum atomic E-state index is -3.93. The van der Waals surface area contributed by atoms with Crippen molar-refractivity contribution in [2.45, 2.75) is 119 Å². The zero-order valence-corrected chi connectivity index (χ0v) is 31.6. The van der Waals surface area contributed by atoms with Crippen LogP contribution < -0.4 is 15.4 Å². The summed E-state index contributed by atoms with van der Waals surface area (Å²) in [5, 5.41) is 9.28. The fourth-order valence-corrected chi connectivity index (χ4v) is 9.80. The maximum Gasteiger partial charge on any atom is 0.408 e. The summed E-state index contributed by atoms with van der Waals surface area (Å²) in [7, 11) is -3.93. The lowest BCUT2D eigenvalue weighted by Crippen LogP contribution is -2.58. The topological polar surface area (TPSA) is 173 Å². The van der Waals surface area contributed by atoms with E-state index < -0.39 is 80.4 Å². The lowest BCUT2D eigenvalue weighted by atomic mass is 10.0. The first-order valence-electron chi connectivity index (χ1n) is 19.6. The highest BCUT2D eigenvalue weighted by molar-refractivity contribution is 7.91. The Morgan fingerprint density at radius 3 is 2.23 bits per heavy atom. The number of hydrogen-bond acceptors (Lipinski definition) is 9. The molecule has 13 nitrogen and oxygen atoms in total. The smallest absolute Gasteiger partial charge is 0.408 e. The molecule has 4 fully saturated rings. The molecule has 2 aromatic rings. The van der Waals surface area contributed by atoms with E-state index in [4.69, 9.17) is 9.57 Å². The summed E-state index contributed by atoms with van der Waals surface area (Å²) in [5.41, 5.74) is 0.673. The monoisotopic (exact) mass is 793 g/mol. The molecule has 3 N–H and O–H groups in total. The Bertz CT molecular complexity index is 2050. The number of carbonyl (C=O) groups is 4. The van der Waals surface area contributed by atoms with E-state index in [2.05, 4.69) is 20.5 Å². The van der Waals surface area contributed by atoms with E-state index >= 15 is 0 Å². The van der Waals surface area contributed by atoms with Crippen molar-refractivity contribution in [1.82, 2.24) is 20.3 Å². The van der Waals surface area contributed by atoms with Gasteiger partial charge in [0.15, 0.2) is 0 Å². The van der Waals surface area contributed by atoms with Gasteiger partial charge >= 0.3 is 6.09 Å². The Kier molecular flexibility index (Phi) is 10.3. The van der Waals surface area contributed by atoms with Crippen LogP contribution >= 0.6 is 0 Å². The third-order valence-electron chi connectivity index (χ3n) is 11.8. The van der Waals surface area contributed by atoms with Crippen molar-refractivity contribution in [3.8, 4) is 11.1 Å². The number of oxime groups is 1. The van der Waals surface area contributed by atoms with Gasteiger partial charge < -0.3 is 25.1 Å². The van der Waals surface area contributed by atoms with Gasteiger partial charge in [-0.15, -0.1) is 0 Å². The van der Waals surface area contributed by atoms with E-state index in [0.29, 0.717) is 47.9 Å². The quantitative estimate of drug-likeness (QED) is 0.228. The summed E-state index contributed by atoms with van der Waals surface area (Å²) >= 11 is 0. The molecular weight excluding hydrogens is 749 g/mol. The summed E-state index contributed by atoms with van der Waals surface area (Å²) in [6.07, 6.45) is 9.26. The molecule has 0 aromatic heterocycles. The summed E-state index contributed by atoms with van der Waals surface area (Å²) in [6, 6.07) is 6.05. The number of allylic oxidation sites excluding steroid dienone is 1. The molecule has 6 aliphatic rings. The molecule has 4 aliphatic carbocycles. The molecule has 0 spiro atoms. The number of amides is 4. The Morgan fingerprint density at radius 1 is 0.875 bits per heavy atom. The molecule has 2 aromatic carbocycles. The molecule has 56 heavy (non-hydrogen) atoms. The predicted octanol–water partition coefficient (Wildman–Crippen LogP) is 4.72. The minimum Gasteiger partial charge on any atom is -0.446 e. The molecule has 0 radical (unpaired) electrons. The second kappa shape index (κ2) is 15.2. The van der Waals surface area contributed by atoms with E-state index in [1.54, 1.807) is 12.1 Å². The molecule has 3 saturated carbocycles. The van der Waals surface area contributed by atoms with Gasteiger partial charge in [-0.05, 0) is 99.6 Å². The van der Waals surface area contributed by atoms with Crippen molar-refractivity contribution in [1.29, 1.82) is 0 Å². The number of hydrogen-bond donors (Lipinski definition) is 3. The van der Waals surface area contributed by atoms with Crippen molar-refractivity contribution in [2.24, 2.45) is 11.1 Å². The number of ether oxygens (including phenoxy) is 1. The molecule has 4 amide bonds. The molecule has 298 valence electrons. The summed E-state index contributed by atoms with van der Waals surface area (Å²) in [4.78, 5) is 63.0. The summed E-state index contributed by atoms with van der Waals surface area (Å²) in [6.45, 7) is -0.145. The van der Waals surface area contributed by atoms with E-state index in [9.17, 15) is 36.4 Å². The van der Waals surface area contributed by atoms with Crippen LogP contribution in [0.4, 0.5) is 13.6 Å². The van der Waals surface area contributed by atoms with Crippen LogP contribution in [0.15, 0.2) is 53.7 Å². The molecule has 0 bridgehead atoms. The highest BCUT2D eigenvalue weighted by atomic mass is 32.2. The number of benzene rings is 2. The SMILES string of the molecule is O=C(N[C@@H]1CCCCC/C=C\[C@H]2C[C@]2(C(=O)NS(=O)(=O)C2CC2)NC(=O)[C@@H]2C[C@@H](ON=C3c4cc(F)ccc4-c4ccc(F)cc43)CN2C1=O)OC1CCCC1. The molecule has 8 rings (SSSR count). The molecule has 1 saturated heterocycles. The highest BCUT2D eigenvalue weighted by Crippen LogP contribution is 2.46. The summed E-state index contributed by atoms with van der Waals surface area (Å²) < 4.78 is 62.4. The number of sulfonamides is 1. The van der Waals surface area contributed by atoms with Crippen LogP contribution in [0.25, 0.3) is 11.1 Å². The van der Waals surface area contributed by atoms with Crippen LogP contribution in [-0.2, 0) is 34.0 Å². The standard InChI is InChI=1S/C40H45F2N5O8S/c41-24-12-16-29-30-17-13-25(42)19-32(30)35(31(29)18-24)45-55-27-20-34-36(48)44-40(38(50)46-56(52,53)28-14-15-28)21-23(40)8-4-2-1-3-5-11-33(37(49)47(34)22-27)43-39(51)54-26-9-6-7-10-26/h4,8,12-13,16-19,23,26-28,33-34H,1-3,5-7,9-11,14-15,20-22H2,(H,43,51)(H,44,48)(H,46,50)/b8-4-/t23-,27+,33+,34-,40-/m0/s1. The van der Waals surface area contributed by atoms with Gasteiger partial charge in [-0.2, -0.15) is 0 Å². The van der Waals surface area contributed by atoms with Crippen LogP contribution in [0, 0.1) is 17.6 Å². The van der Waals surface area contributed by atoms with E-state index in [1.807, 2.05) is 12.2 Å². The number of rotatable bonds is 7. The number of nitrogens with one attached hydrogen (secondary N) is 3. The largest absolute Gasteiger partial charge is 0.446 e. The van der Waals surface area contributed by atoms with Crippen molar-refractivity contribution in [2.75, 3.05) is 6.54 Å². The second-order valence-electron chi connectivity index (χ2n) is 15.8.